The van der Waals surface area contributed by atoms with Crippen LogP contribution < -0.4 is 0 Å². The van der Waals surface area contributed by atoms with Gasteiger partial charge in [0.05, 0.1) is 0 Å². The van der Waals surface area contributed by atoms with Gasteiger partial charge in [-0.3, -0.25) is 0 Å². The van der Waals surface area contributed by atoms with Crippen LogP contribution in [0.5, 0.6) is 0 Å². The van der Waals surface area contributed by atoms with Crippen LogP contribution in [0.4, 0.5) is 0 Å². The predicted molar refractivity (Wildman–Crippen MR) is 53.0 cm³/mol. The second-order valence-corrected chi connectivity index (χ2v) is 3.90. The molecule has 2 heteroatoms. The largest absolute Gasteiger partial charge is 0.457 e. The Morgan fingerprint density at radius 2 is 2.23 bits per heavy atom. The van der Waals surface area contributed by atoms with Crippen LogP contribution in [-0.2, 0) is 9.47 Å². The van der Waals surface area contributed by atoms with Crippen molar-refractivity contribution in [1.82, 2.24) is 0 Å². The SMILES string of the molecule is CC(C)=CCC[C@]1(C)OC=C(C)O1. The normalized spacial score (nSPS) is 26.0. The molecular formula is C11H18O2. The Hall–Kier alpha value is -0.920. The molecule has 1 atom stereocenters. The minimum absolute atomic E-state index is 0.434. The van der Waals surface area contributed by atoms with E-state index in [4.69, 9.17) is 9.47 Å². The molecule has 0 spiro atoms. The summed E-state index contributed by atoms with van der Waals surface area (Å²) in [5, 5.41) is 0. The number of rotatable bonds is 3. The maximum absolute atomic E-state index is 5.54. The summed E-state index contributed by atoms with van der Waals surface area (Å²) >= 11 is 0. The Morgan fingerprint density at radius 1 is 1.54 bits per heavy atom. The van der Waals surface area contributed by atoms with Crippen LogP contribution in [-0.4, -0.2) is 5.79 Å². The Kier molecular flexibility index (Phi) is 3.02. The summed E-state index contributed by atoms with van der Waals surface area (Å²) in [6.07, 6.45) is 5.78. The van der Waals surface area contributed by atoms with Gasteiger partial charge in [0.2, 0.25) is 5.79 Å². The molecule has 0 aromatic heterocycles. The molecular weight excluding hydrogens is 164 g/mol. The second-order valence-electron chi connectivity index (χ2n) is 3.90. The molecule has 0 bridgehead atoms. The summed E-state index contributed by atoms with van der Waals surface area (Å²) in [4.78, 5) is 0. The first-order chi connectivity index (χ1) is 6.02. The zero-order valence-corrected chi connectivity index (χ0v) is 8.89. The van der Waals surface area contributed by atoms with Gasteiger partial charge in [0.25, 0.3) is 0 Å². The molecule has 0 aromatic carbocycles. The summed E-state index contributed by atoms with van der Waals surface area (Å²) in [6, 6.07) is 0. The first-order valence-corrected chi connectivity index (χ1v) is 4.69. The third-order valence-corrected chi connectivity index (χ3v) is 2.00. The molecule has 0 unspecified atom stereocenters. The van der Waals surface area contributed by atoms with Crippen molar-refractivity contribution in [3.05, 3.63) is 23.7 Å². The van der Waals surface area contributed by atoms with Crippen molar-refractivity contribution in [3.8, 4) is 0 Å². The zero-order valence-electron chi connectivity index (χ0n) is 8.89. The average Bonchev–Trinajstić information content (AvgIpc) is 2.30. The first-order valence-electron chi connectivity index (χ1n) is 4.69. The molecule has 0 radical (unpaired) electrons. The summed E-state index contributed by atoms with van der Waals surface area (Å²) in [5.41, 5.74) is 1.34. The van der Waals surface area contributed by atoms with Gasteiger partial charge in [0, 0.05) is 13.3 Å². The third-order valence-electron chi connectivity index (χ3n) is 2.00. The Labute approximate surface area is 80.2 Å². The predicted octanol–water partition coefficient (Wildman–Crippen LogP) is 3.36. The van der Waals surface area contributed by atoms with E-state index in [1.54, 1.807) is 6.26 Å². The maximum atomic E-state index is 5.54. The Balaban J connectivity index is 2.34. The van der Waals surface area contributed by atoms with Crippen molar-refractivity contribution in [1.29, 1.82) is 0 Å². The molecule has 1 aliphatic rings. The molecule has 0 aromatic rings. The highest BCUT2D eigenvalue weighted by atomic mass is 16.7. The maximum Gasteiger partial charge on any atom is 0.247 e. The highest BCUT2D eigenvalue weighted by Crippen LogP contribution is 2.29. The van der Waals surface area contributed by atoms with Crippen LogP contribution in [0.2, 0.25) is 0 Å². The van der Waals surface area contributed by atoms with Crippen LogP contribution >= 0.6 is 0 Å². The number of allylic oxidation sites excluding steroid dienone is 3. The van der Waals surface area contributed by atoms with E-state index in [0.29, 0.717) is 0 Å². The molecule has 1 heterocycles. The van der Waals surface area contributed by atoms with Gasteiger partial charge in [-0.2, -0.15) is 0 Å². The van der Waals surface area contributed by atoms with Crippen molar-refractivity contribution in [3.63, 3.8) is 0 Å². The van der Waals surface area contributed by atoms with E-state index in [0.717, 1.165) is 18.6 Å². The number of ether oxygens (including phenoxy) is 2. The quantitative estimate of drug-likeness (QED) is 0.623. The summed E-state index contributed by atoms with van der Waals surface area (Å²) in [7, 11) is 0. The lowest BCUT2D eigenvalue weighted by atomic mass is 10.1. The van der Waals surface area contributed by atoms with E-state index in [-0.39, 0.29) is 0 Å². The van der Waals surface area contributed by atoms with Gasteiger partial charge in [-0.25, -0.2) is 0 Å². The van der Waals surface area contributed by atoms with Crippen molar-refractivity contribution in [2.45, 2.75) is 46.3 Å². The molecule has 13 heavy (non-hydrogen) atoms. The van der Waals surface area contributed by atoms with E-state index in [9.17, 15) is 0 Å². The van der Waals surface area contributed by atoms with Gasteiger partial charge < -0.3 is 9.47 Å². The van der Waals surface area contributed by atoms with Crippen LogP contribution in [0.25, 0.3) is 0 Å². The lowest BCUT2D eigenvalue weighted by Gasteiger charge is -2.23. The standard InChI is InChI=1S/C11H18O2/c1-9(2)6-5-7-11(4)12-8-10(3)13-11/h6,8H,5,7H2,1-4H3/t11-/m1/s1. The lowest BCUT2D eigenvalue weighted by Crippen LogP contribution is -2.25. The van der Waals surface area contributed by atoms with Gasteiger partial charge in [0.15, 0.2) is 0 Å². The van der Waals surface area contributed by atoms with Gasteiger partial charge in [-0.15, -0.1) is 0 Å². The van der Waals surface area contributed by atoms with Crippen LogP contribution in [0, 0.1) is 0 Å². The molecule has 1 aliphatic heterocycles. The van der Waals surface area contributed by atoms with Gasteiger partial charge in [-0.05, 0) is 27.2 Å². The van der Waals surface area contributed by atoms with Crippen LogP contribution in [0.3, 0.4) is 0 Å². The van der Waals surface area contributed by atoms with E-state index in [1.165, 1.54) is 5.57 Å². The van der Waals surface area contributed by atoms with Crippen molar-refractivity contribution >= 4 is 0 Å². The molecule has 2 nitrogen and oxygen atoms in total. The average molecular weight is 182 g/mol. The van der Waals surface area contributed by atoms with E-state index in [2.05, 4.69) is 19.9 Å². The molecule has 0 aliphatic carbocycles. The third kappa shape index (κ3) is 3.13. The highest BCUT2D eigenvalue weighted by Gasteiger charge is 2.30. The molecule has 0 saturated heterocycles. The summed E-state index contributed by atoms with van der Waals surface area (Å²) in [6.45, 7) is 8.08. The second kappa shape index (κ2) is 3.86. The van der Waals surface area contributed by atoms with E-state index < -0.39 is 5.79 Å². The van der Waals surface area contributed by atoms with Crippen LogP contribution in [0.1, 0.15) is 40.5 Å². The fourth-order valence-corrected chi connectivity index (χ4v) is 1.33. The van der Waals surface area contributed by atoms with Crippen LogP contribution in [0.15, 0.2) is 23.7 Å². The molecule has 1 rings (SSSR count). The van der Waals surface area contributed by atoms with Gasteiger partial charge in [0.1, 0.15) is 12.0 Å². The first kappa shape index (κ1) is 10.2. The fraction of sp³-hybridized carbons (Fsp3) is 0.636. The summed E-state index contributed by atoms with van der Waals surface area (Å²) in [5.74, 6) is 0.426. The minimum atomic E-state index is -0.434. The number of hydrogen-bond acceptors (Lipinski definition) is 2. The Bertz CT molecular complexity index is 236. The molecule has 0 N–H and O–H groups in total. The van der Waals surface area contributed by atoms with Gasteiger partial charge in [-0.1, -0.05) is 11.6 Å². The Morgan fingerprint density at radius 3 is 2.69 bits per heavy atom. The molecule has 0 saturated carbocycles. The smallest absolute Gasteiger partial charge is 0.247 e. The number of hydrogen-bond donors (Lipinski definition) is 0. The topological polar surface area (TPSA) is 18.5 Å². The molecule has 0 fully saturated rings. The zero-order chi connectivity index (χ0) is 9.90. The highest BCUT2D eigenvalue weighted by molar-refractivity contribution is 4.96. The fourth-order valence-electron chi connectivity index (χ4n) is 1.33. The van der Waals surface area contributed by atoms with E-state index >= 15 is 0 Å². The molecule has 74 valence electrons. The lowest BCUT2D eigenvalue weighted by molar-refractivity contribution is -0.136. The van der Waals surface area contributed by atoms with Crippen molar-refractivity contribution in [2.75, 3.05) is 0 Å². The van der Waals surface area contributed by atoms with Crippen molar-refractivity contribution < 1.29 is 9.47 Å². The monoisotopic (exact) mass is 182 g/mol. The minimum Gasteiger partial charge on any atom is -0.457 e. The van der Waals surface area contributed by atoms with E-state index in [1.807, 2.05) is 13.8 Å². The van der Waals surface area contributed by atoms with Gasteiger partial charge >= 0.3 is 0 Å². The van der Waals surface area contributed by atoms with Crippen molar-refractivity contribution in [2.24, 2.45) is 0 Å². The summed E-state index contributed by atoms with van der Waals surface area (Å²) < 4.78 is 11.0. The molecule has 0 amide bonds.